The second kappa shape index (κ2) is 5.13. The summed E-state index contributed by atoms with van der Waals surface area (Å²) < 4.78 is 11.4. The molecule has 1 amide bonds. The zero-order valence-corrected chi connectivity index (χ0v) is 12.9. The molecule has 1 atom stereocenters. The maximum Gasteiger partial charge on any atom is 0.258 e. The molecular weight excluding hydrogens is 278 g/mol. The summed E-state index contributed by atoms with van der Waals surface area (Å²) in [4.78, 5) is 15.0. The number of para-hydroxylation sites is 1. The number of benzene rings is 1. The number of hydrogen-bond donors (Lipinski definition) is 0. The van der Waals surface area contributed by atoms with Crippen LogP contribution in [-0.4, -0.2) is 37.1 Å². The molecule has 0 aliphatic carbocycles. The van der Waals surface area contributed by atoms with Crippen LogP contribution in [0.25, 0.3) is 11.0 Å². The smallest absolute Gasteiger partial charge is 0.258 e. The Bertz CT molecular complexity index is 712. The van der Waals surface area contributed by atoms with E-state index < -0.39 is 0 Å². The summed E-state index contributed by atoms with van der Waals surface area (Å²) in [5, 5.41) is 0.922. The first-order chi connectivity index (χ1) is 10.7. The van der Waals surface area contributed by atoms with Crippen LogP contribution in [0, 0.1) is 12.3 Å². The largest absolute Gasteiger partial charge is 0.461 e. The van der Waals surface area contributed by atoms with E-state index in [1.165, 1.54) is 6.42 Å². The van der Waals surface area contributed by atoms with Crippen molar-refractivity contribution in [3.05, 3.63) is 35.6 Å². The molecule has 2 aromatic rings. The van der Waals surface area contributed by atoms with E-state index in [1.54, 1.807) is 0 Å². The van der Waals surface area contributed by atoms with Gasteiger partial charge in [0.2, 0.25) is 0 Å². The second-order valence-electron chi connectivity index (χ2n) is 6.66. The summed E-state index contributed by atoms with van der Waals surface area (Å²) in [5.74, 6) is 0.817. The highest BCUT2D eigenvalue weighted by atomic mass is 16.5. The molecule has 4 heteroatoms. The average molecular weight is 299 g/mol. The number of amides is 1. The molecule has 2 saturated heterocycles. The number of nitrogens with zero attached hydrogens (tertiary/aromatic N) is 1. The van der Waals surface area contributed by atoms with Crippen molar-refractivity contribution in [1.82, 2.24) is 4.90 Å². The predicted molar refractivity (Wildman–Crippen MR) is 84.0 cm³/mol. The molecule has 116 valence electrons. The summed E-state index contributed by atoms with van der Waals surface area (Å²) in [7, 11) is 0. The van der Waals surface area contributed by atoms with E-state index in [0.29, 0.717) is 5.76 Å². The molecule has 1 unspecified atom stereocenters. The molecule has 4 nitrogen and oxygen atoms in total. The number of carbonyl (C=O) groups excluding carboxylic acids is 1. The molecule has 0 N–H and O–H groups in total. The van der Waals surface area contributed by atoms with Gasteiger partial charge in [0.1, 0.15) is 11.3 Å². The monoisotopic (exact) mass is 299 g/mol. The summed E-state index contributed by atoms with van der Waals surface area (Å²) in [6.07, 6.45) is 3.32. The van der Waals surface area contributed by atoms with Crippen LogP contribution < -0.4 is 0 Å². The van der Waals surface area contributed by atoms with E-state index >= 15 is 0 Å². The Morgan fingerprint density at radius 3 is 2.95 bits per heavy atom. The van der Waals surface area contributed by atoms with Crippen LogP contribution in [0.5, 0.6) is 0 Å². The molecule has 1 aromatic carbocycles. The third-order valence-corrected chi connectivity index (χ3v) is 5.11. The molecule has 3 heterocycles. The van der Waals surface area contributed by atoms with Crippen LogP contribution in [0.2, 0.25) is 0 Å². The molecular formula is C18H21NO3. The van der Waals surface area contributed by atoms with Crippen molar-refractivity contribution in [3.8, 4) is 0 Å². The highest BCUT2D eigenvalue weighted by molar-refractivity contribution is 6.07. The van der Waals surface area contributed by atoms with E-state index in [9.17, 15) is 4.79 Å². The Hall–Kier alpha value is -1.81. The minimum absolute atomic E-state index is 0.102. The predicted octanol–water partition coefficient (Wildman–Crippen LogP) is 3.38. The fourth-order valence-electron chi connectivity index (χ4n) is 3.93. The zero-order chi connectivity index (χ0) is 15.2. The van der Waals surface area contributed by atoms with Crippen LogP contribution >= 0.6 is 0 Å². The molecule has 2 aliphatic rings. The summed E-state index contributed by atoms with van der Waals surface area (Å²) >= 11 is 0. The van der Waals surface area contributed by atoms with Crippen LogP contribution in [0.4, 0.5) is 0 Å². The van der Waals surface area contributed by atoms with Gasteiger partial charge < -0.3 is 14.1 Å². The normalized spacial score (nSPS) is 25.2. The molecule has 0 saturated carbocycles. The van der Waals surface area contributed by atoms with Crippen molar-refractivity contribution in [2.75, 3.05) is 26.3 Å². The lowest BCUT2D eigenvalue weighted by atomic mass is 9.82. The van der Waals surface area contributed by atoms with Crippen LogP contribution in [-0.2, 0) is 4.74 Å². The molecule has 2 fully saturated rings. The van der Waals surface area contributed by atoms with Gasteiger partial charge in [0.25, 0.3) is 5.91 Å². The topological polar surface area (TPSA) is 42.7 Å². The third-order valence-electron chi connectivity index (χ3n) is 5.11. The van der Waals surface area contributed by atoms with Gasteiger partial charge in [-0.25, -0.2) is 0 Å². The van der Waals surface area contributed by atoms with E-state index in [0.717, 1.165) is 55.7 Å². The Balaban J connectivity index is 1.63. The minimum Gasteiger partial charge on any atom is -0.461 e. The molecule has 22 heavy (non-hydrogen) atoms. The van der Waals surface area contributed by atoms with Crippen LogP contribution in [0.3, 0.4) is 0 Å². The van der Waals surface area contributed by atoms with E-state index in [4.69, 9.17) is 9.15 Å². The van der Waals surface area contributed by atoms with Crippen LogP contribution in [0.1, 0.15) is 35.4 Å². The first-order valence-corrected chi connectivity index (χ1v) is 8.04. The highest BCUT2D eigenvalue weighted by Crippen LogP contribution is 2.39. The Morgan fingerprint density at radius 2 is 2.14 bits per heavy atom. The molecule has 0 radical (unpaired) electrons. The van der Waals surface area contributed by atoms with Crippen molar-refractivity contribution in [3.63, 3.8) is 0 Å². The van der Waals surface area contributed by atoms with E-state index in [1.807, 2.05) is 36.1 Å². The molecule has 1 spiro atoms. The van der Waals surface area contributed by atoms with E-state index in [-0.39, 0.29) is 11.3 Å². The van der Waals surface area contributed by atoms with Gasteiger partial charge in [-0.15, -0.1) is 0 Å². The lowest BCUT2D eigenvalue weighted by Crippen LogP contribution is -2.37. The molecule has 0 bridgehead atoms. The lowest BCUT2D eigenvalue weighted by molar-refractivity contribution is -0.00160. The van der Waals surface area contributed by atoms with Crippen molar-refractivity contribution in [2.45, 2.75) is 26.2 Å². The fraction of sp³-hybridized carbons (Fsp3) is 0.500. The third kappa shape index (κ3) is 2.13. The number of carbonyl (C=O) groups is 1. The number of hydrogen-bond acceptors (Lipinski definition) is 3. The highest BCUT2D eigenvalue weighted by Gasteiger charge is 2.42. The molecule has 4 rings (SSSR count). The number of aryl methyl sites for hydroxylation is 1. The molecule has 1 aromatic heterocycles. The molecule has 2 aliphatic heterocycles. The van der Waals surface area contributed by atoms with Crippen molar-refractivity contribution >= 4 is 16.9 Å². The van der Waals surface area contributed by atoms with Gasteiger partial charge in [-0.3, -0.25) is 4.79 Å². The van der Waals surface area contributed by atoms with Gasteiger partial charge in [0.05, 0.1) is 12.2 Å². The van der Waals surface area contributed by atoms with Crippen molar-refractivity contribution in [1.29, 1.82) is 0 Å². The number of ether oxygens (including phenoxy) is 1. The Kier molecular flexibility index (Phi) is 3.22. The van der Waals surface area contributed by atoms with Crippen molar-refractivity contribution in [2.24, 2.45) is 5.41 Å². The van der Waals surface area contributed by atoms with Gasteiger partial charge >= 0.3 is 0 Å². The minimum atomic E-state index is 0.102. The Labute approximate surface area is 130 Å². The van der Waals surface area contributed by atoms with E-state index in [2.05, 4.69) is 0 Å². The quantitative estimate of drug-likeness (QED) is 0.810. The van der Waals surface area contributed by atoms with Gasteiger partial charge in [0.15, 0.2) is 0 Å². The van der Waals surface area contributed by atoms with Gasteiger partial charge in [0, 0.05) is 30.5 Å². The van der Waals surface area contributed by atoms with Gasteiger partial charge in [-0.1, -0.05) is 18.2 Å². The maximum absolute atomic E-state index is 13.0. The average Bonchev–Trinajstić information content (AvgIpc) is 3.08. The Morgan fingerprint density at radius 1 is 1.27 bits per heavy atom. The zero-order valence-electron chi connectivity index (χ0n) is 12.9. The summed E-state index contributed by atoms with van der Waals surface area (Å²) in [6, 6.07) is 7.77. The first kappa shape index (κ1) is 13.8. The summed E-state index contributed by atoms with van der Waals surface area (Å²) in [6.45, 7) is 5.16. The lowest BCUT2D eigenvalue weighted by Gasteiger charge is -2.32. The maximum atomic E-state index is 13.0. The summed E-state index contributed by atoms with van der Waals surface area (Å²) in [5.41, 5.74) is 1.70. The van der Waals surface area contributed by atoms with Crippen LogP contribution in [0.15, 0.2) is 28.7 Å². The van der Waals surface area contributed by atoms with Gasteiger partial charge in [-0.2, -0.15) is 0 Å². The second-order valence-corrected chi connectivity index (χ2v) is 6.66. The number of rotatable bonds is 1. The standard InChI is InChI=1S/C18H21NO3/c1-13-16(14-5-2-3-6-15(14)22-13)17(20)19-9-8-18(11-19)7-4-10-21-12-18/h2-3,5-6H,4,7-12H2,1H3. The first-order valence-electron chi connectivity index (χ1n) is 8.04. The number of likely N-dealkylation sites (tertiary alicyclic amines) is 1. The van der Waals surface area contributed by atoms with Crippen molar-refractivity contribution < 1.29 is 13.9 Å². The van der Waals surface area contributed by atoms with Gasteiger partial charge in [-0.05, 0) is 32.3 Å². The SMILES string of the molecule is Cc1oc2ccccc2c1C(=O)N1CCC2(CCCOC2)C1. The fourth-order valence-corrected chi connectivity index (χ4v) is 3.93. The number of furan rings is 1. The number of fused-ring (bicyclic) bond motifs is 1.